The van der Waals surface area contributed by atoms with Gasteiger partial charge in [-0.25, -0.2) is 0 Å². The van der Waals surface area contributed by atoms with Crippen LogP contribution in [-0.2, 0) is 9.53 Å². The van der Waals surface area contributed by atoms with Crippen molar-refractivity contribution in [3.63, 3.8) is 0 Å². The highest BCUT2D eigenvalue weighted by molar-refractivity contribution is 7.99. The summed E-state index contributed by atoms with van der Waals surface area (Å²) in [7, 11) is 0. The number of amides is 1. The average molecular weight is 216 g/mol. The summed E-state index contributed by atoms with van der Waals surface area (Å²) in [6, 6.07) is 0.0341. The third-order valence-electron chi connectivity index (χ3n) is 2.54. The van der Waals surface area contributed by atoms with Crippen LogP contribution >= 0.6 is 11.8 Å². The molecule has 1 atom stereocenters. The number of thioether (sulfide) groups is 1. The van der Waals surface area contributed by atoms with Gasteiger partial charge in [-0.3, -0.25) is 4.79 Å². The fourth-order valence-corrected chi connectivity index (χ4v) is 2.65. The van der Waals surface area contributed by atoms with Crippen LogP contribution in [0, 0.1) is 0 Å². The molecule has 2 aliphatic heterocycles. The summed E-state index contributed by atoms with van der Waals surface area (Å²) in [5, 5.41) is 3.26. The minimum Gasteiger partial charge on any atom is -0.378 e. The Morgan fingerprint density at radius 3 is 2.86 bits per heavy atom. The summed E-state index contributed by atoms with van der Waals surface area (Å²) in [6.45, 7) is 3.83. The first kappa shape index (κ1) is 10.3. The standard InChI is InChI=1S/C9H16N2O2S/c12-9(8-7-14-6-1-10-8)11-2-4-13-5-3-11/h8,10H,1-7H2. The van der Waals surface area contributed by atoms with Crippen LogP contribution in [0.5, 0.6) is 0 Å². The van der Waals surface area contributed by atoms with E-state index in [0.29, 0.717) is 13.2 Å². The second kappa shape index (κ2) is 5.00. The van der Waals surface area contributed by atoms with E-state index in [4.69, 9.17) is 4.74 Å². The molecule has 2 heterocycles. The lowest BCUT2D eigenvalue weighted by molar-refractivity contribution is -0.137. The highest BCUT2D eigenvalue weighted by Gasteiger charge is 2.26. The molecule has 0 aliphatic carbocycles. The number of nitrogens with zero attached hydrogens (tertiary/aromatic N) is 1. The summed E-state index contributed by atoms with van der Waals surface area (Å²) in [4.78, 5) is 13.9. The molecular weight excluding hydrogens is 200 g/mol. The number of carbonyl (C=O) groups is 1. The lowest BCUT2D eigenvalue weighted by Gasteiger charge is -2.32. The number of hydrogen-bond acceptors (Lipinski definition) is 4. The molecule has 0 bridgehead atoms. The topological polar surface area (TPSA) is 41.6 Å². The van der Waals surface area contributed by atoms with Gasteiger partial charge in [0.15, 0.2) is 0 Å². The number of carbonyl (C=O) groups excluding carboxylic acids is 1. The number of ether oxygens (including phenoxy) is 1. The van der Waals surface area contributed by atoms with Crippen molar-refractivity contribution in [1.29, 1.82) is 0 Å². The van der Waals surface area contributed by atoms with Gasteiger partial charge >= 0.3 is 0 Å². The first-order chi connectivity index (χ1) is 6.88. The maximum atomic E-state index is 11.9. The van der Waals surface area contributed by atoms with Crippen molar-refractivity contribution in [1.82, 2.24) is 10.2 Å². The molecular formula is C9H16N2O2S. The Morgan fingerprint density at radius 2 is 2.21 bits per heavy atom. The van der Waals surface area contributed by atoms with E-state index in [9.17, 15) is 4.79 Å². The van der Waals surface area contributed by atoms with Gasteiger partial charge in [-0.05, 0) is 0 Å². The number of morpholine rings is 1. The minimum absolute atomic E-state index is 0.0341. The molecule has 1 amide bonds. The van der Waals surface area contributed by atoms with E-state index in [0.717, 1.165) is 31.1 Å². The Balaban J connectivity index is 1.85. The van der Waals surface area contributed by atoms with E-state index < -0.39 is 0 Å². The van der Waals surface area contributed by atoms with Crippen LogP contribution in [0.15, 0.2) is 0 Å². The molecule has 0 aromatic carbocycles. The van der Waals surface area contributed by atoms with Gasteiger partial charge in [0.25, 0.3) is 0 Å². The minimum atomic E-state index is 0.0341. The molecule has 80 valence electrons. The van der Waals surface area contributed by atoms with Gasteiger partial charge in [0, 0.05) is 31.1 Å². The quantitative estimate of drug-likeness (QED) is 0.644. The van der Waals surface area contributed by atoms with E-state index in [1.807, 2.05) is 16.7 Å². The lowest BCUT2D eigenvalue weighted by atomic mass is 10.2. The van der Waals surface area contributed by atoms with E-state index in [2.05, 4.69) is 5.32 Å². The molecule has 0 saturated carbocycles. The lowest BCUT2D eigenvalue weighted by Crippen LogP contribution is -2.53. The van der Waals surface area contributed by atoms with Gasteiger partial charge in [-0.15, -0.1) is 0 Å². The molecule has 2 aliphatic rings. The van der Waals surface area contributed by atoms with Gasteiger partial charge in [-0.2, -0.15) is 11.8 Å². The first-order valence-electron chi connectivity index (χ1n) is 5.05. The van der Waals surface area contributed by atoms with Crippen LogP contribution in [0.1, 0.15) is 0 Å². The summed E-state index contributed by atoms with van der Waals surface area (Å²) in [5.74, 6) is 2.28. The molecule has 0 spiro atoms. The highest BCUT2D eigenvalue weighted by atomic mass is 32.2. The molecule has 1 unspecified atom stereocenters. The largest absolute Gasteiger partial charge is 0.378 e. The number of nitrogens with one attached hydrogen (secondary N) is 1. The average Bonchev–Trinajstić information content (AvgIpc) is 2.30. The molecule has 1 N–H and O–H groups in total. The third-order valence-corrected chi connectivity index (χ3v) is 3.60. The molecule has 2 saturated heterocycles. The van der Waals surface area contributed by atoms with Crippen molar-refractivity contribution in [2.45, 2.75) is 6.04 Å². The summed E-state index contributed by atoms with van der Waals surface area (Å²) < 4.78 is 5.22. The highest BCUT2D eigenvalue weighted by Crippen LogP contribution is 2.10. The predicted octanol–water partition coefficient (Wildman–Crippen LogP) is -0.450. The molecule has 2 rings (SSSR count). The molecule has 5 heteroatoms. The maximum absolute atomic E-state index is 11.9. The van der Waals surface area contributed by atoms with Gasteiger partial charge in [0.2, 0.25) is 5.91 Å². The number of hydrogen-bond donors (Lipinski definition) is 1. The van der Waals surface area contributed by atoms with Crippen molar-refractivity contribution in [3.05, 3.63) is 0 Å². The van der Waals surface area contributed by atoms with Crippen LogP contribution < -0.4 is 5.32 Å². The second-order valence-electron chi connectivity index (χ2n) is 3.52. The Labute approximate surface area is 88.4 Å². The van der Waals surface area contributed by atoms with Gasteiger partial charge in [0.05, 0.1) is 19.3 Å². The summed E-state index contributed by atoms with van der Waals surface area (Å²) in [6.07, 6.45) is 0. The third kappa shape index (κ3) is 2.40. The monoisotopic (exact) mass is 216 g/mol. The smallest absolute Gasteiger partial charge is 0.240 e. The molecule has 2 fully saturated rings. The van der Waals surface area contributed by atoms with Crippen molar-refractivity contribution in [2.24, 2.45) is 0 Å². The van der Waals surface area contributed by atoms with E-state index >= 15 is 0 Å². The van der Waals surface area contributed by atoms with Crippen LogP contribution in [0.4, 0.5) is 0 Å². The maximum Gasteiger partial charge on any atom is 0.240 e. The Kier molecular flexibility index (Phi) is 3.67. The van der Waals surface area contributed by atoms with Crippen molar-refractivity contribution in [3.8, 4) is 0 Å². The van der Waals surface area contributed by atoms with Gasteiger partial charge < -0.3 is 15.0 Å². The Hall–Kier alpha value is -0.260. The zero-order valence-electron chi connectivity index (χ0n) is 8.20. The summed E-state index contributed by atoms with van der Waals surface area (Å²) >= 11 is 1.85. The van der Waals surface area contributed by atoms with Crippen LogP contribution in [0.25, 0.3) is 0 Å². The van der Waals surface area contributed by atoms with E-state index in [1.165, 1.54) is 0 Å². The normalized spacial score (nSPS) is 28.9. The Bertz CT molecular complexity index is 181. The fourth-order valence-electron chi connectivity index (χ4n) is 1.73. The second-order valence-corrected chi connectivity index (χ2v) is 4.67. The van der Waals surface area contributed by atoms with Crippen molar-refractivity contribution >= 4 is 17.7 Å². The zero-order chi connectivity index (χ0) is 9.80. The molecule has 4 nitrogen and oxygen atoms in total. The molecule has 14 heavy (non-hydrogen) atoms. The van der Waals surface area contributed by atoms with Gasteiger partial charge in [0.1, 0.15) is 0 Å². The van der Waals surface area contributed by atoms with Gasteiger partial charge in [-0.1, -0.05) is 0 Å². The van der Waals surface area contributed by atoms with Crippen LogP contribution in [0.3, 0.4) is 0 Å². The fraction of sp³-hybridized carbons (Fsp3) is 0.889. The predicted molar refractivity (Wildman–Crippen MR) is 56.5 cm³/mol. The first-order valence-corrected chi connectivity index (χ1v) is 6.21. The molecule has 0 aromatic rings. The van der Waals surface area contributed by atoms with E-state index in [-0.39, 0.29) is 11.9 Å². The van der Waals surface area contributed by atoms with Crippen molar-refractivity contribution < 1.29 is 9.53 Å². The SMILES string of the molecule is O=C(C1CSCCN1)N1CCOCC1. The molecule has 0 radical (unpaired) electrons. The Morgan fingerprint density at radius 1 is 1.43 bits per heavy atom. The summed E-state index contributed by atoms with van der Waals surface area (Å²) in [5.41, 5.74) is 0. The molecule has 0 aromatic heterocycles. The zero-order valence-corrected chi connectivity index (χ0v) is 9.02. The number of rotatable bonds is 1. The van der Waals surface area contributed by atoms with E-state index in [1.54, 1.807) is 0 Å². The van der Waals surface area contributed by atoms with Crippen LogP contribution in [0.2, 0.25) is 0 Å². The van der Waals surface area contributed by atoms with Crippen molar-refractivity contribution in [2.75, 3.05) is 44.4 Å². The van der Waals surface area contributed by atoms with Crippen LogP contribution in [-0.4, -0.2) is 61.2 Å².